The van der Waals surface area contributed by atoms with Crippen molar-refractivity contribution in [2.45, 2.75) is 115 Å². The highest BCUT2D eigenvalue weighted by atomic mass is 16.5. The van der Waals surface area contributed by atoms with E-state index in [1.807, 2.05) is 39.1 Å². The molecule has 0 saturated heterocycles. The Morgan fingerprint density at radius 1 is 1.17 bits per heavy atom. The SMILES string of the molecule is C=C(/C=C/C=C(/CO)[C@@H]1CC[C@]2([C@@H]1O)[C@@H](CCCO)/C(=C(/C)C=O)CC[C@]2(O)CCNC)[C@H]1C/C=C(\C)[C@@H](O)N[C@@](C)(CCOC)Cc2cccc(c2)C1. The lowest BCUT2D eigenvalue weighted by molar-refractivity contribution is -0.180. The molecule has 54 heavy (non-hydrogen) atoms. The summed E-state index contributed by atoms with van der Waals surface area (Å²) >= 11 is 0. The molecule has 8 atom stereocenters. The molecule has 4 rings (SSSR count). The Morgan fingerprint density at radius 3 is 2.61 bits per heavy atom. The van der Waals surface area contributed by atoms with E-state index < -0.39 is 23.3 Å². The Kier molecular flexibility index (Phi) is 16.2. The minimum absolute atomic E-state index is 0.0154. The second kappa shape index (κ2) is 19.9. The van der Waals surface area contributed by atoms with E-state index in [1.54, 1.807) is 7.11 Å². The van der Waals surface area contributed by atoms with Gasteiger partial charge in [0, 0.05) is 37.2 Å². The Labute approximate surface area is 324 Å². The molecule has 2 bridgehead atoms. The fourth-order valence-corrected chi connectivity index (χ4v) is 9.80. The number of hydrogen-bond acceptors (Lipinski definition) is 9. The average Bonchev–Trinajstić information content (AvgIpc) is 3.50. The molecular weight excluding hydrogens is 681 g/mol. The number of aliphatic hydroxyl groups is 5. The number of carbonyl (C=O) groups is 1. The van der Waals surface area contributed by atoms with Crippen LogP contribution in [-0.4, -0.2) is 95.8 Å². The maximum absolute atomic E-state index is 12.5. The second-order valence-corrected chi connectivity index (χ2v) is 16.5. The largest absolute Gasteiger partial charge is 0.396 e. The number of hydrogen-bond donors (Lipinski definition) is 7. The number of aldehydes is 1. The molecule has 1 spiro atoms. The molecule has 1 aromatic carbocycles. The molecule has 0 radical (unpaired) electrons. The highest BCUT2D eigenvalue weighted by Gasteiger charge is 2.65. The van der Waals surface area contributed by atoms with Crippen molar-refractivity contribution in [1.29, 1.82) is 0 Å². The van der Waals surface area contributed by atoms with Gasteiger partial charge < -0.3 is 35.6 Å². The van der Waals surface area contributed by atoms with Crippen molar-refractivity contribution < 1.29 is 35.1 Å². The summed E-state index contributed by atoms with van der Waals surface area (Å²) in [5.74, 6) is -0.600. The first-order valence-electron chi connectivity index (χ1n) is 20.0. The Bertz CT molecular complexity index is 1550. The van der Waals surface area contributed by atoms with Crippen LogP contribution in [0, 0.1) is 23.2 Å². The molecule has 2 aliphatic carbocycles. The van der Waals surface area contributed by atoms with Crippen LogP contribution in [0.15, 0.2) is 83.0 Å². The maximum Gasteiger partial charge on any atom is 0.145 e. The van der Waals surface area contributed by atoms with Crippen molar-refractivity contribution in [3.8, 4) is 0 Å². The molecule has 7 N–H and O–H groups in total. The molecule has 1 heterocycles. The third-order valence-corrected chi connectivity index (χ3v) is 13.0. The minimum Gasteiger partial charge on any atom is -0.396 e. The number of carbonyl (C=O) groups excluding carboxylic acids is 1. The van der Waals surface area contributed by atoms with Crippen LogP contribution in [0.5, 0.6) is 0 Å². The van der Waals surface area contributed by atoms with Crippen LogP contribution in [0.25, 0.3) is 0 Å². The van der Waals surface area contributed by atoms with Gasteiger partial charge in [0.2, 0.25) is 0 Å². The molecule has 9 nitrogen and oxygen atoms in total. The van der Waals surface area contributed by atoms with E-state index in [1.165, 1.54) is 11.1 Å². The van der Waals surface area contributed by atoms with Crippen LogP contribution in [0.1, 0.15) is 89.7 Å². The molecule has 2 saturated carbocycles. The fraction of sp³-hybridized carbons (Fsp3) is 0.622. The monoisotopic (exact) mass is 749 g/mol. The van der Waals surface area contributed by atoms with E-state index in [-0.39, 0.29) is 36.5 Å². The highest BCUT2D eigenvalue weighted by molar-refractivity contribution is 5.74. The van der Waals surface area contributed by atoms with Crippen molar-refractivity contribution in [3.63, 3.8) is 0 Å². The van der Waals surface area contributed by atoms with Crippen LogP contribution < -0.4 is 10.6 Å². The Morgan fingerprint density at radius 2 is 1.93 bits per heavy atom. The van der Waals surface area contributed by atoms with E-state index >= 15 is 0 Å². The van der Waals surface area contributed by atoms with Gasteiger partial charge in [0.15, 0.2) is 0 Å². The summed E-state index contributed by atoms with van der Waals surface area (Å²) in [5, 5.41) is 63.3. The van der Waals surface area contributed by atoms with Crippen molar-refractivity contribution in [1.82, 2.24) is 10.6 Å². The van der Waals surface area contributed by atoms with Gasteiger partial charge in [0.05, 0.1) is 18.3 Å². The molecule has 3 aliphatic rings. The number of aliphatic hydroxyl groups excluding tert-OH is 4. The first-order valence-corrected chi connectivity index (χ1v) is 20.0. The van der Waals surface area contributed by atoms with Gasteiger partial charge >= 0.3 is 0 Å². The summed E-state index contributed by atoms with van der Waals surface area (Å²) in [6.07, 6.45) is 13.6. The normalized spacial score (nSPS) is 34.3. The highest BCUT2D eigenvalue weighted by Crippen LogP contribution is 2.63. The average molecular weight is 749 g/mol. The maximum atomic E-state index is 12.5. The zero-order valence-electron chi connectivity index (χ0n) is 33.4. The molecule has 2 fully saturated rings. The predicted octanol–water partition coefficient (Wildman–Crippen LogP) is 5.27. The summed E-state index contributed by atoms with van der Waals surface area (Å²) in [4.78, 5) is 12.1. The van der Waals surface area contributed by atoms with Crippen LogP contribution in [0.3, 0.4) is 0 Å². The topological polar surface area (TPSA) is 152 Å². The van der Waals surface area contributed by atoms with E-state index in [0.717, 1.165) is 42.3 Å². The van der Waals surface area contributed by atoms with Crippen molar-refractivity contribution in [2.75, 3.05) is 40.5 Å². The van der Waals surface area contributed by atoms with E-state index in [0.29, 0.717) is 75.7 Å². The second-order valence-electron chi connectivity index (χ2n) is 16.5. The standard InChI is InChI=1S/C45H68N2O7/c1-31(36-16-15-32(2)42(52)47-43(4,22-25-54-6)28-35-12-8-11-34(26-35)27-36)10-7-13-37(30-50)39-18-20-45(41(39)51)40(14-9-24-48)38(33(3)29-49)17-19-44(45,53)21-23-46-5/h7-8,10-13,15,26,29,36,39-42,46-48,50-53H,1,9,14,16-25,27-28,30H2,2-6H3/b10-7+,32-15+,37-13-,38-33-/t36-,39-,40-,41+,42+,43-,44-,45+/m0/s1. The summed E-state index contributed by atoms with van der Waals surface area (Å²) in [6, 6.07) is 8.62. The van der Waals surface area contributed by atoms with E-state index in [4.69, 9.17) is 4.74 Å². The van der Waals surface area contributed by atoms with Crippen LogP contribution >= 0.6 is 0 Å². The van der Waals surface area contributed by atoms with Crippen molar-refractivity contribution in [3.05, 3.63) is 94.1 Å². The van der Waals surface area contributed by atoms with Gasteiger partial charge in [-0.2, -0.15) is 0 Å². The summed E-state index contributed by atoms with van der Waals surface area (Å²) in [6.45, 7) is 11.3. The van der Waals surface area contributed by atoms with Crippen molar-refractivity contribution >= 4 is 6.29 Å². The minimum atomic E-state index is -1.19. The summed E-state index contributed by atoms with van der Waals surface area (Å²) in [5.41, 5.74) is 3.99. The molecule has 1 aromatic rings. The summed E-state index contributed by atoms with van der Waals surface area (Å²) < 4.78 is 5.39. The van der Waals surface area contributed by atoms with E-state index in [9.17, 15) is 30.3 Å². The fourth-order valence-electron chi connectivity index (χ4n) is 9.80. The number of allylic oxidation sites excluding steroid dienone is 7. The predicted molar refractivity (Wildman–Crippen MR) is 216 cm³/mol. The van der Waals surface area contributed by atoms with Gasteiger partial charge in [-0.25, -0.2) is 0 Å². The van der Waals surface area contributed by atoms with Crippen LogP contribution in [0.4, 0.5) is 0 Å². The molecule has 1 aliphatic heterocycles. The van der Waals surface area contributed by atoms with Crippen LogP contribution in [-0.2, 0) is 22.4 Å². The van der Waals surface area contributed by atoms with Gasteiger partial charge in [0.1, 0.15) is 12.5 Å². The van der Waals surface area contributed by atoms with Gasteiger partial charge in [-0.15, -0.1) is 0 Å². The van der Waals surface area contributed by atoms with Crippen molar-refractivity contribution in [2.24, 2.45) is 23.2 Å². The van der Waals surface area contributed by atoms with Gasteiger partial charge in [0.25, 0.3) is 0 Å². The van der Waals surface area contributed by atoms with Crippen LogP contribution in [0.2, 0.25) is 0 Å². The molecule has 0 unspecified atom stereocenters. The first kappa shape index (κ1) is 44.0. The van der Waals surface area contributed by atoms with Gasteiger partial charge in [-0.05, 0) is 145 Å². The quantitative estimate of drug-likeness (QED) is 0.0551. The third kappa shape index (κ3) is 9.98. The molecule has 300 valence electrons. The number of nitrogens with one attached hydrogen (secondary N) is 2. The van der Waals surface area contributed by atoms with Gasteiger partial charge in [-0.3, -0.25) is 10.1 Å². The molecular formula is C45H68N2O7. The van der Waals surface area contributed by atoms with Gasteiger partial charge in [-0.1, -0.05) is 66.3 Å². The molecule has 9 heteroatoms. The number of ether oxygens (including phenoxy) is 1. The number of rotatable bonds is 15. The smallest absolute Gasteiger partial charge is 0.145 e. The molecule has 0 amide bonds. The Balaban J connectivity index is 1.62. The lowest BCUT2D eigenvalue weighted by atomic mass is 9.51. The zero-order chi connectivity index (χ0) is 39.5. The first-order chi connectivity index (χ1) is 25.8. The summed E-state index contributed by atoms with van der Waals surface area (Å²) in [7, 11) is 3.55. The zero-order valence-corrected chi connectivity index (χ0v) is 33.4. The third-order valence-electron chi connectivity index (χ3n) is 13.0. The lowest BCUT2D eigenvalue weighted by Crippen LogP contribution is -2.61. The number of fused-ring (bicyclic) bond motifs is 2. The molecule has 0 aromatic heterocycles. The number of benzene rings is 1. The van der Waals surface area contributed by atoms with E-state index in [2.05, 4.69) is 54.5 Å². The lowest BCUT2D eigenvalue weighted by Gasteiger charge is -2.57. The number of methoxy groups -OCH3 is 1. The Hall–Kier alpha value is -2.73.